The molecule has 0 fully saturated rings. The number of carbonyl (C=O) groups is 6. The van der Waals surface area contributed by atoms with E-state index in [1.165, 1.54) is 0 Å². The third-order valence-corrected chi connectivity index (χ3v) is 12.2. The van der Waals surface area contributed by atoms with Crippen LogP contribution in [0.1, 0.15) is 98.3 Å². The van der Waals surface area contributed by atoms with Crippen molar-refractivity contribution in [2.75, 3.05) is 26.4 Å². The molecular weight excluding hydrogens is 695 g/mol. The fourth-order valence-corrected chi connectivity index (χ4v) is 8.13. The molecule has 12 nitrogen and oxygen atoms in total. The molecule has 253 valence electrons. The first-order valence-electron chi connectivity index (χ1n) is 15.7. The minimum absolute atomic E-state index is 0.152. The normalized spacial score (nSPS) is 11.9. The van der Waals surface area contributed by atoms with Crippen molar-refractivity contribution in [3.8, 4) is 0 Å². The molecule has 0 aliphatic rings. The number of unbranched alkanes of at least 4 members (excludes halogenated alkanes) is 5. The van der Waals surface area contributed by atoms with E-state index in [9.17, 15) is 28.8 Å². The summed E-state index contributed by atoms with van der Waals surface area (Å²) in [5.74, 6) is -4.24. The van der Waals surface area contributed by atoms with Crippen molar-refractivity contribution in [3.05, 3.63) is 36.5 Å². The average molecular weight is 744 g/mol. The van der Waals surface area contributed by atoms with Crippen LogP contribution in [0.5, 0.6) is 0 Å². The molecule has 13 heteroatoms. The van der Waals surface area contributed by atoms with Crippen LogP contribution in [0.4, 0.5) is 0 Å². The summed E-state index contributed by atoms with van der Waals surface area (Å²) in [6, 6.07) is 0. The summed E-state index contributed by atoms with van der Waals surface area (Å²) >= 11 is -3.70. The first-order valence-corrected chi connectivity index (χ1v) is 19.7. The van der Waals surface area contributed by atoms with Crippen molar-refractivity contribution in [1.29, 1.82) is 0 Å². The maximum atomic E-state index is 12.5. The SMILES string of the molecule is CCCCOC(=O)C=CC(=O)OCCCCC[CH](CC)[Sn]([O]C(=O)/C=C\C(=O)OCCCC)[O]C(=O)/C=C\C(=O)OCCCC. The van der Waals surface area contributed by atoms with Gasteiger partial charge in [-0.2, -0.15) is 0 Å². The van der Waals surface area contributed by atoms with Crippen molar-refractivity contribution in [2.24, 2.45) is 0 Å². The summed E-state index contributed by atoms with van der Waals surface area (Å²) in [5.41, 5.74) is 0. The van der Waals surface area contributed by atoms with Crippen LogP contribution in [0, 0.1) is 0 Å². The molecule has 1 unspecified atom stereocenters. The predicted molar refractivity (Wildman–Crippen MR) is 166 cm³/mol. The molecule has 0 spiro atoms. The van der Waals surface area contributed by atoms with Crippen LogP contribution in [-0.2, 0) is 53.9 Å². The second-order valence-electron chi connectivity index (χ2n) is 9.85. The summed E-state index contributed by atoms with van der Waals surface area (Å²) in [6.45, 7) is 8.69. The van der Waals surface area contributed by atoms with Crippen LogP contribution >= 0.6 is 0 Å². The average Bonchev–Trinajstić information content (AvgIpc) is 3.01. The molecular formula is C32H49O12Sn. The van der Waals surface area contributed by atoms with Crippen molar-refractivity contribution >= 4 is 56.4 Å². The van der Waals surface area contributed by atoms with E-state index in [1.807, 2.05) is 27.7 Å². The van der Waals surface area contributed by atoms with Crippen molar-refractivity contribution in [2.45, 2.75) is 102 Å². The van der Waals surface area contributed by atoms with Gasteiger partial charge in [-0.1, -0.05) is 13.3 Å². The van der Waals surface area contributed by atoms with E-state index in [0.29, 0.717) is 51.6 Å². The summed E-state index contributed by atoms with van der Waals surface area (Å²) in [6.07, 6.45) is 13.7. The molecule has 0 heterocycles. The first kappa shape index (κ1) is 41.8. The molecule has 0 aromatic carbocycles. The van der Waals surface area contributed by atoms with E-state index in [0.717, 1.165) is 62.1 Å². The fraction of sp³-hybridized carbons (Fsp3) is 0.625. The Labute approximate surface area is 274 Å². The van der Waals surface area contributed by atoms with Gasteiger partial charge in [-0.3, -0.25) is 0 Å². The van der Waals surface area contributed by atoms with Gasteiger partial charge >= 0.3 is 249 Å². The Bertz CT molecular complexity index is 943. The van der Waals surface area contributed by atoms with Crippen LogP contribution in [-0.4, -0.2) is 82.8 Å². The number of hydrogen-bond donors (Lipinski definition) is 0. The second kappa shape index (κ2) is 28.3. The number of esters is 4. The van der Waals surface area contributed by atoms with Gasteiger partial charge in [0.2, 0.25) is 0 Å². The molecule has 0 saturated carbocycles. The van der Waals surface area contributed by atoms with Gasteiger partial charge < -0.3 is 0 Å². The van der Waals surface area contributed by atoms with Crippen molar-refractivity contribution < 1.29 is 53.9 Å². The van der Waals surface area contributed by atoms with E-state index in [1.54, 1.807) is 0 Å². The molecule has 0 aromatic rings. The molecule has 0 aliphatic heterocycles. The standard InChI is InChI=1S/C16H27O4.2C8H12O4.Sn/c1-3-5-7-8-9-10-14-20-16(18)12-11-15(17)19-13-6-4-2;2*1-2-3-6-12-8(11)5-4-7(9)10;/h5,11-12H,3-4,6-10,13-14H2,1-2H3;2*4-5H,2-3,6H2,1H3,(H,9,10);/q;;;+2/p-2/b;2*5-4-;. The zero-order valence-corrected chi connectivity index (χ0v) is 29.9. The van der Waals surface area contributed by atoms with Crippen LogP contribution in [0.15, 0.2) is 36.5 Å². The molecule has 0 amide bonds. The van der Waals surface area contributed by atoms with E-state index >= 15 is 0 Å². The number of carbonyl (C=O) groups excluding carboxylic acids is 6. The molecule has 0 bridgehead atoms. The number of hydrogen-bond acceptors (Lipinski definition) is 12. The van der Waals surface area contributed by atoms with E-state index < -0.39 is 56.4 Å². The fourth-order valence-electron chi connectivity index (χ4n) is 3.34. The van der Waals surface area contributed by atoms with Gasteiger partial charge in [0.15, 0.2) is 0 Å². The molecule has 1 atom stereocenters. The van der Waals surface area contributed by atoms with Gasteiger partial charge in [0.25, 0.3) is 0 Å². The van der Waals surface area contributed by atoms with Crippen molar-refractivity contribution in [3.63, 3.8) is 0 Å². The van der Waals surface area contributed by atoms with Gasteiger partial charge in [0.1, 0.15) is 0 Å². The number of ether oxygens (including phenoxy) is 4. The van der Waals surface area contributed by atoms with E-state index in [4.69, 9.17) is 25.1 Å². The maximum absolute atomic E-state index is 12.5. The molecule has 0 aliphatic carbocycles. The third-order valence-electron chi connectivity index (χ3n) is 5.96. The molecule has 0 N–H and O–H groups in total. The Morgan fingerprint density at radius 1 is 0.467 bits per heavy atom. The summed E-state index contributed by atoms with van der Waals surface area (Å²) in [7, 11) is 0. The van der Waals surface area contributed by atoms with Gasteiger partial charge in [-0.15, -0.1) is 0 Å². The summed E-state index contributed by atoms with van der Waals surface area (Å²) in [4.78, 5) is 72.0. The van der Waals surface area contributed by atoms with Crippen LogP contribution in [0.25, 0.3) is 0 Å². The quantitative estimate of drug-likeness (QED) is 0.0399. The van der Waals surface area contributed by atoms with Crippen molar-refractivity contribution in [1.82, 2.24) is 0 Å². The monoisotopic (exact) mass is 745 g/mol. The van der Waals surface area contributed by atoms with Crippen LogP contribution in [0.3, 0.4) is 0 Å². The van der Waals surface area contributed by atoms with Gasteiger partial charge in [0.05, 0.1) is 6.61 Å². The Hall–Kier alpha value is -3.16. The first-order chi connectivity index (χ1) is 21.7. The Kier molecular flexibility index (Phi) is 26.3. The summed E-state index contributed by atoms with van der Waals surface area (Å²) < 4.78 is 31.0. The van der Waals surface area contributed by atoms with Crippen LogP contribution < -0.4 is 0 Å². The third kappa shape index (κ3) is 24.8. The van der Waals surface area contributed by atoms with E-state index in [-0.39, 0.29) is 23.8 Å². The Morgan fingerprint density at radius 3 is 1.13 bits per heavy atom. The Balaban J connectivity index is 5.02. The Morgan fingerprint density at radius 2 is 0.800 bits per heavy atom. The molecule has 0 aromatic heterocycles. The summed E-state index contributed by atoms with van der Waals surface area (Å²) in [5, 5.41) is 0. The van der Waals surface area contributed by atoms with Gasteiger partial charge in [-0.05, 0) is 6.42 Å². The zero-order chi connectivity index (χ0) is 33.7. The molecule has 1 radical (unpaired) electrons. The second-order valence-corrected chi connectivity index (χ2v) is 15.2. The molecule has 45 heavy (non-hydrogen) atoms. The van der Waals surface area contributed by atoms with Gasteiger partial charge in [-0.25, -0.2) is 0 Å². The molecule has 0 saturated heterocycles. The van der Waals surface area contributed by atoms with Gasteiger partial charge in [0, 0.05) is 0 Å². The van der Waals surface area contributed by atoms with E-state index in [2.05, 4.69) is 0 Å². The zero-order valence-electron chi connectivity index (χ0n) is 27.0. The molecule has 0 rings (SSSR count). The predicted octanol–water partition coefficient (Wildman–Crippen LogP) is 5.14. The topological polar surface area (TPSA) is 158 Å². The number of rotatable bonds is 25. The van der Waals surface area contributed by atoms with Crippen LogP contribution in [0.2, 0.25) is 3.93 Å². The minimum atomic E-state index is -3.70.